The first-order chi connectivity index (χ1) is 15.0. The van der Waals surface area contributed by atoms with Crippen LogP contribution in [0.2, 0.25) is 0 Å². The van der Waals surface area contributed by atoms with E-state index in [1.165, 1.54) is 4.57 Å². The molecule has 1 heterocycles. The third-order valence-electron chi connectivity index (χ3n) is 4.82. The van der Waals surface area contributed by atoms with Crippen LogP contribution >= 0.6 is 22.6 Å². The van der Waals surface area contributed by atoms with Crippen molar-refractivity contribution in [2.45, 2.75) is 13.5 Å². The average Bonchev–Trinajstić information content (AvgIpc) is 2.79. The second kappa shape index (κ2) is 9.22. The first kappa shape index (κ1) is 20.9. The fraction of sp³-hybridized carbons (Fsp3) is 0.0833. The molecule has 1 amide bonds. The summed E-state index contributed by atoms with van der Waals surface area (Å²) < 4.78 is 2.47. The van der Waals surface area contributed by atoms with E-state index in [-0.39, 0.29) is 17.9 Å². The number of carbonyl (C=O) groups excluding carboxylic acids is 1. The largest absolute Gasteiger partial charge is 0.307 e. The smallest absolute Gasteiger partial charge is 0.283 e. The molecule has 154 valence electrons. The summed E-state index contributed by atoms with van der Waals surface area (Å²) in [6.45, 7) is 2.05. The Balaban J connectivity index is 1.73. The molecule has 0 aliphatic heterocycles. The average molecular weight is 522 g/mol. The SMILES string of the molecule is C/C(=N/NC(=O)c1nc2ccccc2c(=O)n1Cc1ccccc1)c1cccc(I)c1. The number of hydrazone groups is 1. The molecule has 7 heteroatoms. The van der Waals surface area contributed by atoms with Crippen LogP contribution in [0.5, 0.6) is 0 Å². The maximum Gasteiger partial charge on any atom is 0.307 e. The van der Waals surface area contributed by atoms with Gasteiger partial charge in [0.05, 0.1) is 23.2 Å². The summed E-state index contributed by atoms with van der Waals surface area (Å²) in [6, 6.07) is 24.3. The van der Waals surface area contributed by atoms with E-state index in [1.54, 1.807) is 24.3 Å². The number of hydrogen-bond donors (Lipinski definition) is 1. The highest BCUT2D eigenvalue weighted by Crippen LogP contribution is 2.11. The van der Waals surface area contributed by atoms with Crippen molar-refractivity contribution in [3.05, 3.63) is 110 Å². The molecule has 0 bridgehead atoms. The van der Waals surface area contributed by atoms with Crippen molar-refractivity contribution < 1.29 is 4.79 Å². The van der Waals surface area contributed by atoms with Crippen LogP contribution in [0.15, 0.2) is 88.8 Å². The number of nitrogens with zero attached hydrogens (tertiary/aromatic N) is 3. The van der Waals surface area contributed by atoms with Crippen molar-refractivity contribution in [3.8, 4) is 0 Å². The quantitative estimate of drug-likeness (QED) is 0.243. The van der Waals surface area contributed by atoms with Gasteiger partial charge in [-0.05, 0) is 64.9 Å². The minimum Gasteiger partial charge on any atom is -0.283 e. The van der Waals surface area contributed by atoms with Crippen LogP contribution in [0.3, 0.4) is 0 Å². The molecule has 1 aromatic heterocycles. The first-order valence-corrected chi connectivity index (χ1v) is 10.7. The monoisotopic (exact) mass is 522 g/mol. The van der Waals surface area contributed by atoms with Gasteiger partial charge in [-0.2, -0.15) is 5.10 Å². The highest BCUT2D eigenvalue weighted by atomic mass is 127. The van der Waals surface area contributed by atoms with E-state index in [2.05, 4.69) is 38.1 Å². The summed E-state index contributed by atoms with van der Waals surface area (Å²) in [7, 11) is 0. The standard InChI is InChI=1S/C24H19IN4O2/c1-16(18-10-7-11-19(25)14-18)27-28-23(30)22-26-21-13-6-5-12-20(21)24(31)29(22)15-17-8-3-2-4-9-17/h2-14H,15H2,1H3,(H,28,30)/b27-16-. The summed E-state index contributed by atoms with van der Waals surface area (Å²) in [4.78, 5) is 30.7. The molecule has 0 saturated heterocycles. The summed E-state index contributed by atoms with van der Waals surface area (Å²) >= 11 is 2.23. The summed E-state index contributed by atoms with van der Waals surface area (Å²) in [5.74, 6) is -0.518. The molecule has 0 spiro atoms. The highest BCUT2D eigenvalue weighted by molar-refractivity contribution is 14.1. The zero-order valence-electron chi connectivity index (χ0n) is 16.7. The van der Waals surface area contributed by atoms with Gasteiger partial charge in [-0.1, -0.05) is 54.6 Å². The summed E-state index contributed by atoms with van der Waals surface area (Å²) in [5, 5.41) is 4.69. The number of nitrogens with one attached hydrogen (secondary N) is 1. The molecule has 0 fully saturated rings. The van der Waals surface area contributed by atoms with Gasteiger partial charge < -0.3 is 0 Å². The molecule has 4 rings (SSSR count). The van der Waals surface area contributed by atoms with Crippen LogP contribution < -0.4 is 11.0 Å². The van der Waals surface area contributed by atoms with Gasteiger partial charge in [-0.15, -0.1) is 0 Å². The molecule has 0 radical (unpaired) electrons. The molecule has 4 aromatic rings. The van der Waals surface area contributed by atoms with E-state index in [4.69, 9.17) is 0 Å². The van der Waals surface area contributed by atoms with Gasteiger partial charge in [0.2, 0.25) is 5.82 Å². The van der Waals surface area contributed by atoms with Gasteiger partial charge in [0.25, 0.3) is 5.56 Å². The molecule has 0 unspecified atom stereocenters. The number of halogens is 1. The van der Waals surface area contributed by atoms with Gasteiger partial charge in [0.1, 0.15) is 0 Å². The molecule has 3 aromatic carbocycles. The predicted octanol–water partition coefficient (Wildman–Crippen LogP) is 4.20. The maximum atomic E-state index is 13.2. The lowest BCUT2D eigenvalue weighted by molar-refractivity contribution is 0.0939. The molecule has 31 heavy (non-hydrogen) atoms. The number of hydrogen-bond acceptors (Lipinski definition) is 4. The fourth-order valence-corrected chi connectivity index (χ4v) is 3.76. The van der Waals surface area contributed by atoms with Gasteiger partial charge in [0.15, 0.2) is 0 Å². The maximum absolute atomic E-state index is 13.2. The molecule has 0 atom stereocenters. The van der Waals surface area contributed by atoms with E-state index in [0.29, 0.717) is 16.6 Å². The molecule has 0 aliphatic carbocycles. The molecule has 0 saturated carbocycles. The van der Waals surface area contributed by atoms with Crippen LogP contribution in [-0.4, -0.2) is 21.2 Å². The normalized spacial score (nSPS) is 11.5. The van der Waals surface area contributed by atoms with Gasteiger partial charge in [-0.3, -0.25) is 14.2 Å². The number of amides is 1. The third-order valence-corrected chi connectivity index (χ3v) is 5.49. The zero-order valence-corrected chi connectivity index (χ0v) is 18.9. The number of benzene rings is 3. The Morgan fingerprint density at radius 2 is 1.77 bits per heavy atom. The van der Waals surface area contributed by atoms with Crippen molar-refractivity contribution in [3.63, 3.8) is 0 Å². The van der Waals surface area contributed by atoms with Crippen LogP contribution in [0.25, 0.3) is 10.9 Å². The fourth-order valence-electron chi connectivity index (χ4n) is 3.22. The number of aromatic nitrogens is 2. The van der Waals surface area contributed by atoms with Crippen LogP contribution in [-0.2, 0) is 6.54 Å². The van der Waals surface area contributed by atoms with Crippen molar-refractivity contribution in [1.82, 2.24) is 15.0 Å². The topological polar surface area (TPSA) is 76.3 Å². The Morgan fingerprint density at radius 1 is 1.03 bits per heavy atom. The molecular weight excluding hydrogens is 503 g/mol. The minimum absolute atomic E-state index is 0.0201. The van der Waals surface area contributed by atoms with E-state index in [1.807, 2.05) is 61.5 Å². The lowest BCUT2D eigenvalue weighted by Gasteiger charge is -2.13. The van der Waals surface area contributed by atoms with E-state index in [9.17, 15) is 9.59 Å². The van der Waals surface area contributed by atoms with E-state index >= 15 is 0 Å². The Hall–Kier alpha value is -3.33. The second-order valence-corrected chi connectivity index (χ2v) is 8.22. The van der Waals surface area contributed by atoms with E-state index in [0.717, 1.165) is 14.7 Å². The first-order valence-electron chi connectivity index (χ1n) is 9.67. The van der Waals surface area contributed by atoms with Crippen LogP contribution in [0.4, 0.5) is 0 Å². The van der Waals surface area contributed by atoms with Crippen LogP contribution in [0, 0.1) is 3.57 Å². The van der Waals surface area contributed by atoms with Crippen molar-refractivity contribution in [1.29, 1.82) is 0 Å². The van der Waals surface area contributed by atoms with Gasteiger partial charge >= 0.3 is 5.91 Å². The highest BCUT2D eigenvalue weighted by Gasteiger charge is 2.17. The Bertz CT molecular complexity index is 1350. The third kappa shape index (κ3) is 4.72. The summed E-state index contributed by atoms with van der Waals surface area (Å²) in [6.07, 6.45) is 0. The van der Waals surface area contributed by atoms with Gasteiger partial charge in [0, 0.05) is 3.57 Å². The molecule has 0 aliphatic rings. The lowest BCUT2D eigenvalue weighted by Crippen LogP contribution is -2.32. The minimum atomic E-state index is -0.538. The summed E-state index contributed by atoms with van der Waals surface area (Å²) in [5.41, 5.74) is 5.22. The van der Waals surface area contributed by atoms with Crippen molar-refractivity contribution in [2.75, 3.05) is 0 Å². The zero-order chi connectivity index (χ0) is 21.8. The van der Waals surface area contributed by atoms with Gasteiger partial charge in [-0.25, -0.2) is 10.4 Å². The molecular formula is C24H19IN4O2. The Morgan fingerprint density at radius 3 is 2.55 bits per heavy atom. The van der Waals surface area contributed by atoms with Crippen molar-refractivity contribution in [2.24, 2.45) is 5.10 Å². The van der Waals surface area contributed by atoms with E-state index < -0.39 is 5.91 Å². The Labute approximate surface area is 192 Å². The van der Waals surface area contributed by atoms with Crippen LogP contribution in [0.1, 0.15) is 28.7 Å². The number of fused-ring (bicyclic) bond motifs is 1. The predicted molar refractivity (Wildman–Crippen MR) is 130 cm³/mol. The number of para-hydroxylation sites is 1. The number of carbonyl (C=O) groups is 1. The molecule has 1 N–H and O–H groups in total. The second-order valence-electron chi connectivity index (χ2n) is 6.98. The Kier molecular flexibility index (Phi) is 6.22. The van der Waals surface area contributed by atoms with Crippen molar-refractivity contribution >= 4 is 45.1 Å². The molecule has 6 nitrogen and oxygen atoms in total. The number of rotatable bonds is 5. The lowest BCUT2D eigenvalue weighted by atomic mass is 10.1.